The lowest BCUT2D eigenvalue weighted by molar-refractivity contribution is -0.154. The third-order valence-corrected chi connectivity index (χ3v) is 3.07. The number of carbonyl (C=O) groups is 1. The molecule has 0 spiro atoms. The van der Waals surface area contributed by atoms with Crippen LogP contribution < -0.4 is 0 Å². The summed E-state index contributed by atoms with van der Waals surface area (Å²) >= 11 is 3.43. The molecule has 4 nitrogen and oxygen atoms in total. The number of carbonyl (C=O) groups excluding carboxylic acids is 1. The van der Waals surface area contributed by atoms with E-state index in [1.165, 1.54) is 6.21 Å². The number of nitrogens with zero attached hydrogens (tertiary/aromatic N) is 1. The molecule has 0 saturated carbocycles. The van der Waals surface area contributed by atoms with E-state index >= 15 is 0 Å². The normalized spacial score (nSPS) is 11.8. The van der Waals surface area contributed by atoms with Crippen LogP contribution in [0.15, 0.2) is 27.8 Å². The second kappa shape index (κ2) is 6.70. The molecule has 5 heteroatoms. The van der Waals surface area contributed by atoms with Crippen molar-refractivity contribution in [3.8, 4) is 0 Å². The zero-order valence-corrected chi connectivity index (χ0v) is 12.9. The monoisotopic (exact) mass is 327 g/mol. The van der Waals surface area contributed by atoms with Gasteiger partial charge in [0, 0.05) is 10.9 Å². The first-order valence-electron chi connectivity index (χ1n) is 5.99. The van der Waals surface area contributed by atoms with Gasteiger partial charge in [0.2, 0.25) is 0 Å². The molecule has 1 rings (SSSR count). The summed E-state index contributed by atoms with van der Waals surface area (Å²) in [5.41, 5.74) is 1.30. The van der Waals surface area contributed by atoms with Crippen LogP contribution in [0.2, 0.25) is 0 Å². The lowest BCUT2D eigenvalue weighted by Gasteiger charge is -2.19. The maximum Gasteiger partial charge on any atom is 0.306 e. The predicted octanol–water partition coefficient (Wildman–Crippen LogP) is 3.53. The van der Waals surface area contributed by atoms with Gasteiger partial charge in [-0.05, 0) is 50.5 Å². The van der Waals surface area contributed by atoms with E-state index in [2.05, 4.69) is 21.1 Å². The lowest BCUT2D eigenvalue weighted by atomic mass is 10.1. The number of rotatable bonds is 4. The molecular weight excluding hydrogens is 310 g/mol. The maximum atomic E-state index is 11.7. The first-order chi connectivity index (χ1) is 8.81. The number of esters is 1. The largest absolute Gasteiger partial charge is 0.460 e. The predicted molar refractivity (Wildman–Crippen MR) is 77.7 cm³/mol. The van der Waals surface area contributed by atoms with Crippen LogP contribution in [0, 0.1) is 0 Å². The van der Waals surface area contributed by atoms with Crippen LogP contribution in [0.5, 0.6) is 0 Å². The minimum absolute atomic E-state index is 0.222. The Labute approximate surface area is 121 Å². The smallest absolute Gasteiger partial charge is 0.306 e. The minimum Gasteiger partial charge on any atom is -0.460 e. The van der Waals surface area contributed by atoms with Gasteiger partial charge >= 0.3 is 5.97 Å². The van der Waals surface area contributed by atoms with E-state index in [9.17, 15) is 4.79 Å². The molecule has 0 heterocycles. The van der Waals surface area contributed by atoms with Gasteiger partial charge in [-0.15, -0.1) is 0 Å². The van der Waals surface area contributed by atoms with E-state index in [0.717, 1.165) is 15.6 Å². The van der Waals surface area contributed by atoms with E-state index in [1.807, 2.05) is 39.0 Å². The van der Waals surface area contributed by atoms with Gasteiger partial charge in [0.25, 0.3) is 0 Å². The van der Waals surface area contributed by atoms with Crippen molar-refractivity contribution < 1.29 is 14.7 Å². The first kappa shape index (κ1) is 15.7. The molecule has 0 aliphatic carbocycles. The summed E-state index contributed by atoms with van der Waals surface area (Å²) in [6.45, 7) is 5.54. The van der Waals surface area contributed by atoms with E-state index in [4.69, 9.17) is 9.94 Å². The van der Waals surface area contributed by atoms with Crippen molar-refractivity contribution in [2.75, 3.05) is 0 Å². The Morgan fingerprint density at radius 1 is 1.47 bits per heavy atom. The maximum absolute atomic E-state index is 11.7. The van der Waals surface area contributed by atoms with Crippen molar-refractivity contribution in [3.05, 3.63) is 33.8 Å². The van der Waals surface area contributed by atoms with Crippen LogP contribution >= 0.6 is 15.9 Å². The second-order valence-corrected chi connectivity index (χ2v) is 6.04. The van der Waals surface area contributed by atoms with Crippen LogP contribution in [0.4, 0.5) is 0 Å². The van der Waals surface area contributed by atoms with Gasteiger partial charge in [-0.3, -0.25) is 4.79 Å². The topological polar surface area (TPSA) is 58.9 Å². The highest BCUT2D eigenvalue weighted by atomic mass is 79.9. The Bertz CT molecular complexity index is 478. The summed E-state index contributed by atoms with van der Waals surface area (Å²) in [6, 6.07) is 5.55. The Morgan fingerprint density at radius 3 is 2.74 bits per heavy atom. The lowest BCUT2D eigenvalue weighted by Crippen LogP contribution is -2.24. The van der Waals surface area contributed by atoms with Crippen molar-refractivity contribution in [2.45, 2.75) is 39.2 Å². The fourth-order valence-electron chi connectivity index (χ4n) is 1.56. The quantitative estimate of drug-likeness (QED) is 0.398. The molecular formula is C14H18BrNO3. The Kier molecular flexibility index (Phi) is 5.54. The van der Waals surface area contributed by atoms with Gasteiger partial charge in [-0.2, -0.15) is 0 Å². The average Bonchev–Trinajstić information content (AvgIpc) is 2.28. The molecule has 1 aromatic rings. The summed E-state index contributed by atoms with van der Waals surface area (Å²) in [7, 11) is 0. The second-order valence-electron chi connectivity index (χ2n) is 5.18. The van der Waals surface area contributed by atoms with Gasteiger partial charge in [-0.1, -0.05) is 27.2 Å². The zero-order chi connectivity index (χ0) is 14.5. The summed E-state index contributed by atoms with van der Waals surface area (Å²) in [6.07, 6.45) is 2.24. The molecule has 0 bridgehead atoms. The van der Waals surface area contributed by atoms with Crippen molar-refractivity contribution in [1.82, 2.24) is 0 Å². The number of benzene rings is 1. The molecule has 0 aliphatic heterocycles. The van der Waals surface area contributed by atoms with E-state index < -0.39 is 5.60 Å². The van der Waals surface area contributed by atoms with Gasteiger partial charge in [0.1, 0.15) is 5.60 Å². The van der Waals surface area contributed by atoms with Crippen molar-refractivity contribution in [1.29, 1.82) is 0 Å². The SMILES string of the molecule is CC(C)(C)OC(=O)CCc1cc(/C=N/O)ccc1Br. The number of hydrogen-bond acceptors (Lipinski definition) is 4. The van der Waals surface area contributed by atoms with Crippen LogP contribution in [-0.4, -0.2) is 23.0 Å². The van der Waals surface area contributed by atoms with Gasteiger partial charge in [0.15, 0.2) is 0 Å². The molecule has 0 amide bonds. The molecule has 0 atom stereocenters. The van der Waals surface area contributed by atoms with Crippen molar-refractivity contribution >= 4 is 28.1 Å². The van der Waals surface area contributed by atoms with Gasteiger partial charge in [0.05, 0.1) is 6.21 Å². The van der Waals surface area contributed by atoms with Crippen LogP contribution in [0.25, 0.3) is 0 Å². The number of oxime groups is 1. The molecule has 0 unspecified atom stereocenters. The zero-order valence-electron chi connectivity index (χ0n) is 11.3. The molecule has 0 aromatic heterocycles. The summed E-state index contributed by atoms with van der Waals surface area (Å²) < 4.78 is 6.18. The van der Waals surface area contributed by atoms with Crippen LogP contribution in [-0.2, 0) is 16.0 Å². The van der Waals surface area contributed by atoms with E-state index in [0.29, 0.717) is 12.8 Å². The number of ether oxygens (including phenoxy) is 1. The van der Waals surface area contributed by atoms with Crippen molar-refractivity contribution in [3.63, 3.8) is 0 Å². The number of aryl methyl sites for hydroxylation is 1. The Morgan fingerprint density at radius 2 is 2.16 bits per heavy atom. The molecule has 104 valence electrons. The molecule has 0 aliphatic rings. The fraction of sp³-hybridized carbons (Fsp3) is 0.429. The standard InChI is InChI=1S/C14H18BrNO3/c1-14(2,3)19-13(17)7-5-11-8-10(9-16-18)4-6-12(11)15/h4,6,8-9,18H,5,7H2,1-3H3/b16-9+. The van der Waals surface area contributed by atoms with Gasteiger partial charge in [-0.25, -0.2) is 0 Å². The van der Waals surface area contributed by atoms with Crippen molar-refractivity contribution in [2.24, 2.45) is 5.16 Å². The Hall–Kier alpha value is -1.36. The molecule has 19 heavy (non-hydrogen) atoms. The van der Waals surface area contributed by atoms with E-state index in [-0.39, 0.29) is 5.97 Å². The molecule has 0 radical (unpaired) electrons. The van der Waals surface area contributed by atoms with Gasteiger partial charge < -0.3 is 9.94 Å². The highest BCUT2D eigenvalue weighted by Crippen LogP contribution is 2.20. The summed E-state index contributed by atoms with van der Waals surface area (Å²) in [4.78, 5) is 11.7. The third kappa shape index (κ3) is 5.87. The molecule has 0 saturated heterocycles. The van der Waals surface area contributed by atoms with E-state index in [1.54, 1.807) is 0 Å². The van der Waals surface area contributed by atoms with Crippen LogP contribution in [0.3, 0.4) is 0 Å². The molecule has 1 N–H and O–H groups in total. The highest BCUT2D eigenvalue weighted by Gasteiger charge is 2.16. The molecule has 0 fully saturated rings. The minimum atomic E-state index is -0.459. The third-order valence-electron chi connectivity index (χ3n) is 2.30. The molecule has 1 aromatic carbocycles. The number of halogens is 1. The first-order valence-corrected chi connectivity index (χ1v) is 6.79. The highest BCUT2D eigenvalue weighted by molar-refractivity contribution is 9.10. The average molecular weight is 328 g/mol. The summed E-state index contributed by atoms with van der Waals surface area (Å²) in [5.74, 6) is -0.222. The fourth-order valence-corrected chi connectivity index (χ4v) is 2.01. The Balaban J connectivity index is 2.67. The number of hydrogen-bond donors (Lipinski definition) is 1. The summed E-state index contributed by atoms with van der Waals surface area (Å²) in [5, 5.41) is 11.5. The van der Waals surface area contributed by atoms with Crippen LogP contribution in [0.1, 0.15) is 38.3 Å².